The third-order valence-corrected chi connectivity index (χ3v) is 3.11. The Bertz CT molecular complexity index is 305. The van der Waals surface area contributed by atoms with E-state index in [-0.39, 0.29) is 18.7 Å². The van der Waals surface area contributed by atoms with Crippen LogP contribution in [-0.4, -0.2) is 40.7 Å². The summed E-state index contributed by atoms with van der Waals surface area (Å²) in [6, 6.07) is 4.23. The maximum Gasteiger partial charge on any atom is 0.0558 e. The van der Waals surface area contributed by atoms with Crippen LogP contribution in [0, 0.1) is 0 Å². The number of nitrogens with two attached hydrogens (primary N) is 1. The van der Waals surface area contributed by atoms with Crippen LogP contribution in [0.15, 0.2) is 24.5 Å². The van der Waals surface area contributed by atoms with Gasteiger partial charge in [-0.1, -0.05) is 13.8 Å². The van der Waals surface area contributed by atoms with Crippen LogP contribution in [0.1, 0.15) is 31.9 Å². The van der Waals surface area contributed by atoms with Crippen molar-refractivity contribution in [2.24, 2.45) is 5.73 Å². The Hall–Kier alpha value is -0.970. The smallest absolute Gasteiger partial charge is 0.0558 e. The molecule has 1 heterocycles. The van der Waals surface area contributed by atoms with E-state index in [9.17, 15) is 0 Å². The summed E-state index contributed by atoms with van der Waals surface area (Å²) in [5.41, 5.74) is 7.38. The molecular formula is C13H23N3O. The summed E-state index contributed by atoms with van der Waals surface area (Å²) in [6.45, 7) is 5.86. The fourth-order valence-electron chi connectivity index (χ4n) is 2.14. The number of nitrogens with zero attached hydrogens (tertiary/aromatic N) is 2. The molecule has 0 bridgehead atoms. The van der Waals surface area contributed by atoms with Crippen molar-refractivity contribution in [3.63, 3.8) is 0 Å². The molecule has 0 saturated heterocycles. The molecule has 2 unspecified atom stereocenters. The number of rotatable bonds is 7. The highest BCUT2D eigenvalue weighted by Gasteiger charge is 2.24. The molecule has 0 saturated carbocycles. The van der Waals surface area contributed by atoms with Gasteiger partial charge in [0, 0.05) is 25.0 Å². The highest BCUT2D eigenvalue weighted by molar-refractivity contribution is 5.17. The quantitative estimate of drug-likeness (QED) is 0.747. The molecule has 1 rings (SSSR count). The van der Waals surface area contributed by atoms with Crippen LogP contribution in [0.2, 0.25) is 0 Å². The maximum atomic E-state index is 9.12. The minimum absolute atomic E-state index is 0.0731. The number of pyridine rings is 1. The first-order valence-electron chi connectivity index (χ1n) is 6.25. The summed E-state index contributed by atoms with van der Waals surface area (Å²) in [7, 11) is 0. The van der Waals surface area contributed by atoms with Crippen LogP contribution in [0.5, 0.6) is 0 Å². The second kappa shape index (κ2) is 7.37. The normalized spacial score (nSPS) is 14.9. The first kappa shape index (κ1) is 14.1. The molecule has 0 radical (unpaired) electrons. The highest BCUT2D eigenvalue weighted by atomic mass is 16.3. The Kier molecular flexibility index (Phi) is 6.11. The summed E-state index contributed by atoms with van der Waals surface area (Å²) in [6.07, 6.45) is 4.49. The third kappa shape index (κ3) is 3.77. The maximum absolute atomic E-state index is 9.12. The lowest BCUT2D eigenvalue weighted by molar-refractivity contribution is 0.138. The Morgan fingerprint density at radius 1 is 1.35 bits per heavy atom. The van der Waals surface area contributed by atoms with Crippen molar-refractivity contribution in [2.75, 3.05) is 19.7 Å². The molecule has 1 aromatic rings. The van der Waals surface area contributed by atoms with Crippen LogP contribution in [0.3, 0.4) is 0 Å². The van der Waals surface area contributed by atoms with Crippen molar-refractivity contribution in [1.29, 1.82) is 0 Å². The Labute approximate surface area is 103 Å². The molecule has 0 aromatic carbocycles. The summed E-state index contributed by atoms with van der Waals surface area (Å²) in [5, 5.41) is 9.12. The Morgan fingerprint density at radius 3 is 2.47 bits per heavy atom. The number of hydrogen-bond acceptors (Lipinski definition) is 4. The van der Waals surface area contributed by atoms with Gasteiger partial charge in [-0.2, -0.15) is 0 Å². The zero-order valence-electron chi connectivity index (χ0n) is 10.7. The fraction of sp³-hybridized carbons (Fsp3) is 0.615. The molecule has 2 atom stereocenters. The second-order valence-electron chi connectivity index (χ2n) is 4.15. The van der Waals surface area contributed by atoms with Crippen molar-refractivity contribution in [3.05, 3.63) is 30.1 Å². The monoisotopic (exact) mass is 237 g/mol. The number of aromatic nitrogens is 1. The standard InChI is InChI=1S/C13H23N3O/c1-3-12(14)13(16(4-2)9-10-17)11-5-7-15-8-6-11/h5-8,12-13,17H,3-4,9-10,14H2,1-2H3. The van der Waals surface area contributed by atoms with Crippen molar-refractivity contribution in [2.45, 2.75) is 32.4 Å². The minimum Gasteiger partial charge on any atom is -0.395 e. The van der Waals surface area contributed by atoms with Gasteiger partial charge in [-0.05, 0) is 30.7 Å². The van der Waals surface area contributed by atoms with E-state index in [0.717, 1.165) is 13.0 Å². The fourth-order valence-corrected chi connectivity index (χ4v) is 2.14. The summed E-state index contributed by atoms with van der Waals surface area (Å²) >= 11 is 0. The summed E-state index contributed by atoms with van der Waals surface area (Å²) in [5.74, 6) is 0. The molecule has 17 heavy (non-hydrogen) atoms. The van der Waals surface area contributed by atoms with Gasteiger partial charge in [-0.25, -0.2) is 0 Å². The van der Waals surface area contributed by atoms with Crippen molar-refractivity contribution >= 4 is 0 Å². The zero-order valence-corrected chi connectivity index (χ0v) is 10.7. The van der Waals surface area contributed by atoms with E-state index >= 15 is 0 Å². The molecule has 1 aromatic heterocycles. The first-order chi connectivity index (χ1) is 8.24. The molecule has 0 aliphatic carbocycles. The van der Waals surface area contributed by atoms with E-state index < -0.39 is 0 Å². The average Bonchev–Trinajstić information content (AvgIpc) is 2.39. The topological polar surface area (TPSA) is 62.4 Å². The molecule has 0 aliphatic heterocycles. The van der Waals surface area contributed by atoms with Crippen molar-refractivity contribution in [3.8, 4) is 0 Å². The second-order valence-corrected chi connectivity index (χ2v) is 4.15. The van der Waals surface area contributed by atoms with E-state index in [1.165, 1.54) is 5.56 Å². The lowest BCUT2D eigenvalue weighted by Crippen LogP contribution is -2.42. The molecule has 96 valence electrons. The van der Waals surface area contributed by atoms with E-state index in [1.54, 1.807) is 12.4 Å². The third-order valence-electron chi connectivity index (χ3n) is 3.11. The highest BCUT2D eigenvalue weighted by Crippen LogP contribution is 2.24. The average molecular weight is 237 g/mol. The van der Waals surface area contributed by atoms with Gasteiger partial charge in [0.05, 0.1) is 12.6 Å². The van der Waals surface area contributed by atoms with Crippen LogP contribution in [0.4, 0.5) is 0 Å². The molecular weight excluding hydrogens is 214 g/mol. The van der Waals surface area contributed by atoms with Gasteiger partial charge in [0.2, 0.25) is 0 Å². The van der Waals surface area contributed by atoms with E-state index in [2.05, 4.69) is 23.7 Å². The van der Waals surface area contributed by atoms with E-state index in [1.807, 2.05) is 12.1 Å². The molecule has 0 aliphatic rings. The predicted molar refractivity (Wildman–Crippen MR) is 69.6 cm³/mol. The zero-order chi connectivity index (χ0) is 12.7. The van der Waals surface area contributed by atoms with Crippen LogP contribution in [0.25, 0.3) is 0 Å². The largest absolute Gasteiger partial charge is 0.395 e. The van der Waals surface area contributed by atoms with Gasteiger partial charge >= 0.3 is 0 Å². The molecule has 0 amide bonds. The molecule has 0 fully saturated rings. The molecule has 3 N–H and O–H groups in total. The van der Waals surface area contributed by atoms with Crippen LogP contribution >= 0.6 is 0 Å². The lowest BCUT2D eigenvalue weighted by Gasteiger charge is -2.34. The van der Waals surface area contributed by atoms with Gasteiger partial charge < -0.3 is 10.8 Å². The first-order valence-corrected chi connectivity index (χ1v) is 6.25. The summed E-state index contributed by atoms with van der Waals surface area (Å²) < 4.78 is 0. The van der Waals surface area contributed by atoms with Gasteiger partial charge in [-0.15, -0.1) is 0 Å². The molecule has 0 spiro atoms. The predicted octanol–water partition coefficient (Wildman–Crippen LogP) is 1.17. The van der Waals surface area contributed by atoms with Gasteiger partial charge in [-0.3, -0.25) is 9.88 Å². The van der Waals surface area contributed by atoms with Gasteiger partial charge in [0.25, 0.3) is 0 Å². The van der Waals surface area contributed by atoms with Gasteiger partial charge in [0.15, 0.2) is 0 Å². The number of aliphatic hydroxyl groups excluding tert-OH is 1. The van der Waals surface area contributed by atoms with Gasteiger partial charge in [0.1, 0.15) is 0 Å². The number of hydrogen-bond donors (Lipinski definition) is 2. The lowest BCUT2D eigenvalue weighted by atomic mass is 9.97. The number of likely N-dealkylation sites (N-methyl/N-ethyl adjacent to an activating group) is 1. The van der Waals surface area contributed by atoms with E-state index in [0.29, 0.717) is 6.54 Å². The van der Waals surface area contributed by atoms with Crippen LogP contribution < -0.4 is 5.73 Å². The minimum atomic E-state index is 0.0731. The SMILES string of the molecule is CCC(N)C(c1ccncc1)N(CC)CCO. The Morgan fingerprint density at radius 2 is 2.00 bits per heavy atom. The Balaban J connectivity index is 2.94. The van der Waals surface area contributed by atoms with Crippen molar-refractivity contribution < 1.29 is 5.11 Å². The summed E-state index contributed by atoms with van der Waals surface area (Å²) in [4.78, 5) is 6.25. The van der Waals surface area contributed by atoms with Crippen LogP contribution in [-0.2, 0) is 0 Å². The number of aliphatic hydroxyl groups is 1. The van der Waals surface area contributed by atoms with E-state index in [4.69, 9.17) is 10.8 Å². The molecule has 4 heteroatoms. The molecule has 4 nitrogen and oxygen atoms in total. The van der Waals surface area contributed by atoms with Crippen molar-refractivity contribution in [1.82, 2.24) is 9.88 Å².